The van der Waals surface area contributed by atoms with Crippen LogP contribution in [0.2, 0.25) is 0 Å². The molecule has 1 nitrogen and oxygen atoms in total. The first-order valence-corrected chi connectivity index (χ1v) is 2.93. The smallest absolute Gasteiger partial charge is 0.0709 e. The summed E-state index contributed by atoms with van der Waals surface area (Å²) in [7, 11) is 2.65. The maximum atomic E-state index is 5.12. The van der Waals surface area contributed by atoms with Crippen LogP contribution in [-0.2, 0) is 4.74 Å². The zero-order valence-electron chi connectivity index (χ0n) is 3.68. The number of hydrogen-bond donors (Lipinski definition) is 0. The fraction of sp³-hybridized carbons (Fsp3) is 1.00. The van der Waals surface area contributed by atoms with Gasteiger partial charge in [0.25, 0.3) is 0 Å². The van der Waals surface area contributed by atoms with Crippen LogP contribution in [0.1, 0.15) is 12.8 Å². The van der Waals surface area contributed by atoms with E-state index in [1.165, 1.54) is 12.8 Å². The quantitative estimate of drug-likeness (QED) is 0.416. The fourth-order valence-corrected chi connectivity index (χ4v) is 0.974. The molecule has 1 fully saturated rings. The van der Waals surface area contributed by atoms with Gasteiger partial charge < -0.3 is 4.74 Å². The monoisotopic (exact) mass is 104 g/mol. The third-order valence-corrected chi connectivity index (χ3v) is 1.49. The van der Waals surface area contributed by atoms with Gasteiger partial charge in [-0.25, -0.2) is 0 Å². The summed E-state index contributed by atoms with van der Waals surface area (Å²) in [6.07, 6.45) is 2.47. The molecule has 1 aliphatic rings. The lowest BCUT2D eigenvalue weighted by molar-refractivity contribution is 0.173. The van der Waals surface area contributed by atoms with E-state index < -0.39 is 0 Å². The number of ether oxygens (including phenoxy) is 1. The third-order valence-electron chi connectivity index (χ3n) is 0.965. The molecular formula is C4H9OP. The molecule has 0 spiro atoms. The highest BCUT2D eigenvalue weighted by atomic mass is 31.0. The fourth-order valence-electron chi connectivity index (χ4n) is 0.603. The van der Waals surface area contributed by atoms with Crippen molar-refractivity contribution in [2.24, 2.45) is 0 Å². The Kier molecular flexibility index (Phi) is 1.44. The van der Waals surface area contributed by atoms with Crippen LogP contribution in [0.15, 0.2) is 0 Å². The predicted molar refractivity (Wildman–Crippen MR) is 28.7 cm³/mol. The average Bonchev–Trinajstić information content (AvgIpc) is 1.86. The lowest BCUT2D eigenvalue weighted by Gasteiger charge is -1.94. The Hall–Kier alpha value is 0.390. The van der Waals surface area contributed by atoms with Crippen molar-refractivity contribution in [2.75, 3.05) is 6.61 Å². The van der Waals surface area contributed by atoms with E-state index in [4.69, 9.17) is 4.74 Å². The van der Waals surface area contributed by atoms with Gasteiger partial charge in [0, 0.05) is 6.61 Å². The average molecular weight is 104 g/mol. The van der Waals surface area contributed by atoms with Gasteiger partial charge in [-0.15, -0.1) is 9.24 Å². The molecule has 0 aliphatic carbocycles. The Bertz CT molecular complexity index is 40.8. The minimum Gasteiger partial charge on any atom is -0.374 e. The molecule has 6 heavy (non-hydrogen) atoms. The molecule has 1 saturated heterocycles. The Labute approximate surface area is 40.3 Å². The molecule has 2 unspecified atom stereocenters. The van der Waals surface area contributed by atoms with Gasteiger partial charge >= 0.3 is 0 Å². The van der Waals surface area contributed by atoms with E-state index in [0.29, 0.717) is 5.85 Å². The summed E-state index contributed by atoms with van der Waals surface area (Å²) in [4.78, 5) is 0. The van der Waals surface area contributed by atoms with E-state index in [-0.39, 0.29) is 0 Å². The van der Waals surface area contributed by atoms with E-state index >= 15 is 0 Å². The summed E-state index contributed by atoms with van der Waals surface area (Å²) in [5.41, 5.74) is 0. The van der Waals surface area contributed by atoms with Gasteiger partial charge in [0.2, 0.25) is 0 Å². The zero-order chi connectivity index (χ0) is 4.41. The zero-order valence-corrected chi connectivity index (χ0v) is 4.84. The highest BCUT2D eigenvalue weighted by Crippen LogP contribution is 2.16. The summed E-state index contributed by atoms with van der Waals surface area (Å²) < 4.78 is 5.12. The molecule has 0 aromatic carbocycles. The second-order valence-corrected chi connectivity index (χ2v) is 2.30. The molecule has 1 aliphatic heterocycles. The van der Waals surface area contributed by atoms with Crippen molar-refractivity contribution in [3.05, 3.63) is 0 Å². The number of rotatable bonds is 0. The summed E-state index contributed by atoms with van der Waals surface area (Å²) >= 11 is 0. The van der Waals surface area contributed by atoms with Crippen LogP contribution >= 0.6 is 9.24 Å². The lowest BCUT2D eigenvalue weighted by atomic mass is 10.4. The van der Waals surface area contributed by atoms with Crippen LogP contribution < -0.4 is 0 Å². The Morgan fingerprint density at radius 2 is 2.50 bits per heavy atom. The molecule has 0 aromatic heterocycles. The molecule has 1 heterocycles. The molecule has 0 amide bonds. The van der Waals surface area contributed by atoms with Crippen LogP contribution in [-0.4, -0.2) is 12.5 Å². The van der Waals surface area contributed by atoms with Crippen molar-refractivity contribution in [3.63, 3.8) is 0 Å². The molecule has 0 aromatic rings. The van der Waals surface area contributed by atoms with Gasteiger partial charge in [-0.05, 0) is 12.8 Å². The maximum Gasteiger partial charge on any atom is 0.0709 e. The van der Waals surface area contributed by atoms with Gasteiger partial charge in [-0.2, -0.15) is 0 Å². The summed E-state index contributed by atoms with van der Waals surface area (Å²) in [6, 6.07) is 0. The molecule has 1 rings (SSSR count). The molecule has 0 saturated carbocycles. The van der Waals surface area contributed by atoms with E-state index in [0.717, 1.165) is 6.61 Å². The topological polar surface area (TPSA) is 9.23 Å². The molecule has 2 heteroatoms. The SMILES string of the molecule is PC1CCCO1. The van der Waals surface area contributed by atoms with Crippen molar-refractivity contribution in [3.8, 4) is 0 Å². The van der Waals surface area contributed by atoms with Crippen molar-refractivity contribution >= 4 is 9.24 Å². The first-order valence-electron chi connectivity index (χ1n) is 2.27. The standard InChI is InChI=1S/C4H9OP/c6-4-2-1-3-5-4/h4H,1-3,6H2. The normalized spacial score (nSPS) is 34.5. The Morgan fingerprint density at radius 1 is 1.67 bits per heavy atom. The van der Waals surface area contributed by atoms with E-state index in [1.54, 1.807) is 0 Å². The summed E-state index contributed by atoms with van der Waals surface area (Å²) in [6.45, 7) is 0.966. The van der Waals surface area contributed by atoms with Gasteiger partial charge in [0.15, 0.2) is 0 Å². The third kappa shape index (κ3) is 0.924. The maximum absolute atomic E-state index is 5.12. The molecule has 36 valence electrons. The lowest BCUT2D eigenvalue weighted by Crippen LogP contribution is -1.88. The van der Waals surface area contributed by atoms with E-state index in [9.17, 15) is 0 Å². The van der Waals surface area contributed by atoms with Crippen molar-refractivity contribution in [1.29, 1.82) is 0 Å². The number of hydrogen-bond acceptors (Lipinski definition) is 1. The minimum absolute atomic E-state index is 0.463. The van der Waals surface area contributed by atoms with Crippen molar-refractivity contribution in [2.45, 2.75) is 18.7 Å². The van der Waals surface area contributed by atoms with Gasteiger partial charge in [-0.1, -0.05) is 0 Å². The Balaban J connectivity index is 2.18. The van der Waals surface area contributed by atoms with Crippen LogP contribution in [0.25, 0.3) is 0 Å². The molecule has 0 bridgehead atoms. The molecule has 0 radical (unpaired) electrons. The van der Waals surface area contributed by atoms with Crippen LogP contribution in [0.3, 0.4) is 0 Å². The first kappa shape index (κ1) is 4.55. The molecule has 2 atom stereocenters. The summed E-state index contributed by atoms with van der Waals surface area (Å²) in [5, 5.41) is 0. The predicted octanol–water partition coefficient (Wildman–Crippen LogP) is 0.998. The van der Waals surface area contributed by atoms with Crippen LogP contribution in [0.4, 0.5) is 0 Å². The second kappa shape index (κ2) is 1.90. The van der Waals surface area contributed by atoms with E-state index in [1.807, 2.05) is 0 Å². The van der Waals surface area contributed by atoms with Crippen LogP contribution in [0.5, 0.6) is 0 Å². The van der Waals surface area contributed by atoms with Crippen molar-refractivity contribution in [1.82, 2.24) is 0 Å². The van der Waals surface area contributed by atoms with Gasteiger partial charge in [0.05, 0.1) is 5.85 Å². The highest BCUT2D eigenvalue weighted by molar-refractivity contribution is 7.17. The Morgan fingerprint density at radius 3 is 2.67 bits per heavy atom. The van der Waals surface area contributed by atoms with E-state index in [2.05, 4.69) is 9.24 Å². The summed E-state index contributed by atoms with van der Waals surface area (Å²) in [5.74, 6) is 0.463. The van der Waals surface area contributed by atoms with Crippen molar-refractivity contribution < 1.29 is 4.74 Å². The molecular weight excluding hydrogens is 95.0 g/mol. The highest BCUT2D eigenvalue weighted by Gasteiger charge is 2.07. The first-order chi connectivity index (χ1) is 2.89. The molecule has 0 N–H and O–H groups in total. The second-order valence-electron chi connectivity index (χ2n) is 1.55. The minimum atomic E-state index is 0.463. The van der Waals surface area contributed by atoms with Gasteiger partial charge in [-0.3, -0.25) is 0 Å². The largest absolute Gasteiger partial charge is 0.374 e. The van der Waals surface area contributed by atoms with Gasteiger partial charge in [0.1, 0.15) is 0 Å². The van der Waals surface area contributed by atoms with Crippen LogP contribution in [0, 0.1) is 0 Å².